The average molecular weight is 213 g/mol. The van der Waals surface area contributed by atoms with Crippen molar-refractivity contribution in [3.63, 3.8) is 0 Å². The van der Waals surface area contributed by atoms with Crippen LogP contribution in [-0.2, 0) is 12.8 Å². The largest absolute Gasteiger partial charge is 0.383 e. The molecule has 2 aromatic rings. The van der Waals surface area contributed by atoms with E-state index in [0.29, 0.717) is 5.82 Å². The molecule has 0 aliphatic rings. The molecular formula is C13H15N3. The van der Waals surface area contributed by atoms with Gasteiger partial charge in [0.05, 0.1) is 0 Å². The Morgan fingerprint density at radius 1 is 1.12 bits per heavy atom. The number of benzene rings is 1. The molecule has 0 unspecified atom stereocenters. The number of hydrogen-bond donors (Lipinski definition) is 1. The van der Waals surface area contributed by atoms with E-state index in [-0.39, 0.29) is 0 Å². The van der Waals surface area contributed by atoms with Crippen LogP contribution >= 0.6 is 0 Å². The van der Waals surface area contributed by atoms with E-state index in [4.69, 9.17) is 5.73 Å². The van der Waals surface area contributed by atoms with Gasteiger partial charge < -0.3 is 5.73 Å². The molecule has 1 heterocycles. The first-order valence-corrected chi connectivity index (χ1v) is 5.37. The second kappa shape index (κ2) is 4.75. The van der Waals surface area contributed by atoms with Crippen molar-refractivity contribution in [1.29, 1.82) is 0 Å². The van der Waals surface area contributed by atoms with Gasteiger partial charge in [0, 0.05) is 18.2 Å². The lowest BCUT2D eigenvalue weighted by Crippen LogP contribution is -2.03. The molecule has 3 nitrogen and oxygen atoms in total. The molecule has 0 saturated heterocycles. The number of nitrogens with two attached hydrogens (primary N) is 1. The van der Waals surface area contributed by atoms with Crippen LogP contribution in [-0.4, -0.2) is 9.97 Å². The third-order valence-corrected chi connectivity index (χ3v) is 2.54. The molecule has 0 aliphatic carbocycles. The van der Waals surface area contributed by atoms with Gasteiger partial charge in [-0.3, -0.25) is 0 Å². The van der Waals surface area contributed by atoms with Crippen molar-refractivity contribution in [2.75, 3.05) is 5.73 Å². The van der Waals surface area contributed by atoms with E-state index in [1.807, 2.05) is 25.1 Å². The molecule has 0 spiro atoms. The highest BCUT2D eigenvalue weighted by atomic mass is 14.9. The van der Waals surface area contributed by atoms with Crippen LogP contribution in [0.15, 0.2) is 36.5 Å². The molecule has 16 heavy (non-hydrogen) atoms. The van der Waals surface area contributed by atoms with E-state index in [2.05, 4.69) is 22.1 Å². The Kier molecular flexibility index (Phi) is 3.15. The van der Waals surface area contributed by atoms with Gasteiger partial charge in [0.1, 0.15) is 11.6 Å². The Morgan fingerprint density at radius 2 is 1.88 bits per heavy atom. The van der Waals surface area contributed by atoms with Crippen molar-refractivity contribution in [2.24, 2.45) is 0 Å². The maximum Gasteiger partial charge on any atom is 0.131 e. The van der Waals surface area contributed by atoms with Crippen LogP contribution in [0.1, 0.15) is 17.0 Å². The molecule has 3 heteroatoms. The summed E-state index contributed by atoms with van der Waals surface area (Å²) in [6.45, 7) is 1.91. The zero-order valence-electron chi connectivity index (χ0n) is 9.35. The third kappa shape index (κ3) is 2.57. The Labute approximate surface area is 95.4 Å². The fraction of sp³-hybridized carbons (Fsp3) is 0.231. The van der Waals surface area contributed by atoms with Gasteiger partial charge in [-0.05, 0) is 18.9 Å². The van der Waals surface area contributed by atoms with Crippen molar-refractivity contribution in [3.8, 4) is 0 Å². The number of nitrogen functional groups attached to an aromatic ring is 1. The van der Waals surface area contributed by atoms with E-state index in [0.717, 1.165) is 24.2 Å². The summed E-state index contributed by atoms with van der Waals surface area (Å²) in [7, 11) is 0. The molecule has 0 bridgehead atoms. The van der Waals surface area contributed by atoms with Gasteiger partial charge in [0.15, 0.2) is 0 Å². The minimum absolute atomic E-state index is 0.582. The van der Waals surface area contributed by atoms with Crippen LogP contribution in [0.3, 0.4) is 0 Å². The molecule has 0 atom stereocenters. The zero-order valence-corrected chi connectivity index (χ0v) is 9.35. The summed E-state index contributed by atoms with van der Waals surface area (Å²) in [5.74, 6) is 1.39. The molecule has 0 aliphatic heterocycles. The number of nitrogens with zero attached hydrogens (tertiary/aromatic N) is 2. The first-order valence-electron chi connectivity index (χ1n) is 5.37. The van der Waals surface area contributed by atoms with Crippen molar-refractivity contribution in [2.45, 2.75) is 19.8 Å². The van der Waals surface area contributed by atoms with Gasteiger partial charge in [-0.15, -0.1) is 0 Å². The van der Waals surface area contributed by atoms with Gasteiger partial charge >= 0.3 is 0 Å². The summed E-state index contributed by atoms with van der Waals surface area (Å²) in [4.78, 5) is 8.52. The minimum atomic E-state index is 0.582. The molecule has 2 rings (SSSR count). The van der Waals surface area contributed by atoms with Crippen LogP contribution in [0, 0.1) is 6.92 Å². The normalized spacial score (nSPS) is 10.3. The van der Waals surface area contributed by atoms with Crippen molar-refractivity contribution < 1.29 is 0 Å². The van der Waals surface area contributed by atoms with Crippen LogP contribution in [0.5, 0.6) is 0 Å². The predicted molar refractivity (Wildman–Crippen MR) is 65.0 cm³/mol. The van der Waals surface area contributed by atoms with E-state index >= 15 is 0 Å². The van der Waals surface area contributed by atoms with Crippen LogP contribution in [0.25, 0.3) is 0 Å². The van der Waals surface area contributed by atoms with Crippen molar-refractivity contribution >= 4 is 5.82 Å². The summed E-state index contributed by atoms with van der Waals surface area (Å²) in [6.07, 6.45) is 3.56. The number of anilines is 1. The molecule has 1 aromatic heterocycles. The summed E-state index contributed by atoms with van der Waals surface area (Å²) >= 11 is 0. The Morgan fingerprint density at radius 3 is 2.56 bits per heavy atom. The van der Waals surface area contributed by atoms with Gasteiger partial charge in [-0.25, -0.2) is 9.97 Å². The maximum atomic E-state index is 5.74. The summed E-state index contributed by atoms with van der Waals surface area (Å²) < 4.78 is 0. The van der Waals surface area contributed by atoms with Gasteiger partial charge in [-0.2, -0.15) is 0 Å². The van der Waals surface area contributed by atoms with Crippen molar-refractivity contribution in [3.05, 3.63) is 53.5 Å². The number of rotatable bonds is 3. The zero-order chi connectivity index (χ0) is 11.4. The van der Waals surface area contributed by atoms with Crippen LogP contribution in [0.2, 0.25) is 0 Å². The SMILES string of the molecule is Cc1cnc(CCc2ccccc2)nc1N. The van der Waals surface area contributed by atoms with Gasteiger partial charge in [0.25, 0.3) is 0 Å². The van der Waals surface area contributed by atoms with Gasteiger partial charge in [-0.1, -0.05) is 30.3 Å². The number of aromatic nitrogens is 2. The van der Waals surface area contributed by atoms with Gasteiger partial charge in [0.2, 0.25) is 0 Å². The highest BCUT2D eigenvalue weighted by molar-refractivity contribution is 5.36. The molecule has 1 aromatic carbocycles. The molecular weight excluding hydrogens is 198 g/mol. The summed E-state index contributed by atoms with van der Waals surface area (Å²) in [5, 5.41) is 0. The first-order chi connectivity index (χ1) is 7.75. The second-order valence-corrected chi connectivity index (χ2v) is 3.84. The lowest BCUT2D eigenvalue weighted by Gasteiger charge is -2.03. The predicted octanol–water partition coefficient (Wildman–Crippen LogP) is 2.15. The molecule has 82 valence electrons. The number of aryl methyl sites for hydroxylation is 3. The topological polar surface area (TPSA) is 51.8 Å². The maximum absolute atomic E-state index is 5.74. The minimum Gasteiger partial charge on any atom is -0.383 e. The van der Waals surface area contributed by atoms with Crippen LogP contribution in [0.4, 0.5) is 5.82 Å². The first kappa shape index (κ1) is 10.6. The van der Waals surface area contributed by atoms with E-state index in [1.165, 1.54) is 5.56 Å². The smallest absolute Gasteiger partial charge is 0.131 e. The highest BCUT2D eigenvalue weighted by Crippen LogP contribution is 2.08. The quantitative estimate of drug-likeness (QED) is 0.850. The molecule has 0 saturated carbocycles. The Balaban J connectivity index is 2.03. The third-order valence-electron chi connectivity index (χ3n) is 2.54. The second-order valence-electron chi connectivity index (χ2n) is 3.84. The van der Waals surface area contributed by atoms with E-state index < -0.39 is 0 Å². The summed E-state index contributed by atoms with van der Waals surface area (Å²) in [6, 6.07) is 10.3. The fourth-order valence-electron chi connectivity index (χ4n) is 1.51. The number of hydrogen-bond acceptors (Lipinski definition) is 3. The molecule has 0 fully saturated rings. The molecule has 2 N–H and O–H groups in total. The Hall–Kier alpha value is -1.90. The molecule has 0 amide bonds. The van der Waals surface area contributed by atoms with Crippen LogP contribution < -0.4 is 5.73 Å². The standard InChI is InChI=1S/C13H15N3/c1-10-9-15-12(16-13(10)14)8-7-11-5-3-2-4-6-11/h2-6,9H,7-8H2,1H3,(H2,14,15,16). The monoisotopic (exact) mass is 213 g/mol. The van der Waals surface area contributed by atoms with E-state index in [1.54, 1.807) is 6.20 Å². The Bertz CT molecular complexity index is 466. The molecule has 0 radical (unpaired) electrons. The highest BCUT2D eigenvalue weighted by Gasteiger charge is 2.01. The summed E-state index contributed by atoms with van der Waals surface area (Å²) in [5.41, 5.74) is 7.97. The average Bonchev–Trinajstić information content (AvgIpc) is 2.32. The fourth-order valence-corrected chi connectivity index (χ4v) is 1.51. The lowest BCUT2D eigenvalue weighted by atomic mass is 10.1. The van der Waals surface area contributed by atoms with Crippen molar-refractivity contribution in [1.82, 2.24) is 9.97 Å². The lowest BCUT2D eigenvalue weighted by molar-refractivity contribution is 0.857. The van der Waals surface area contributed by atoms with E-state index in [9.17, 15) is 0 Å².